The van der Waals surface area contributed by atoms with Crippen molar-refractivity contribution in [2.45, 2.75) is 38.5 Å². The number of fused-ring (bicyclic) bond motifs is 6. The van der Waals surface area contributed by atoms with Crippen LogP contribution in [0, 0.1) is 0 Å². The third kappa shape index (κ3) is 4.37. The highest BCUT2D eigenvalue weighted by Gasteiger charge is 2.45. The average molecular weight is 669 g/mol. The van der Waals surface area contributed by atoms with Crippen LogP contribution in [-0.2, 0) is 10.8 Å². The minimum atomic E-state index is -0.189. The number of rotatable bonds is 4. The lowest BCUT2D eigenvalue weighted by molar-refractivity contribution is 0.597. The first-order valence-electron chi connectivity index (χ1n) is 18.4. The fourth-order valence-electron chi connectivity index (χ4n) is 9.10. The lowest BCUT2D eigenvalue weighted by Crippen LogP contribution is -2.38. The standard InChI is InChI=1S/C50H40N2/c1-49(2)41-21-12-13-24-46(41)52-47-29-26-35(32-44(47)50(3,4)43-23-14-22-42(49)48(43)52)38-28-30-45(40-20-11-10-19-39(38)40)51(36-17-6-5-7-18-36)37-27-25-33-15-8-9-16-34(33)31-37/h5-32H,1-4H3. The number of nitrogens with zero attached hydrogens (tertiary/aromatic N) is 2. The zero-order valence-corrected chi connectivity index (χ0v) is 30.1. The molecule has 10 rings (SSSR count). The summed E-state index contributed by atoms with van der Waals surface area (Å²) in [5, 5.41) is 4.93. The van der Waals surface area contributed by atoms with Gasteiger partial charge in [0.2, 0.25) is 0 Å². The van der Waals surface area contributed by atoms with Crippen LogP contribution in [0.15, 0.2) is 170 Å². The van der Waals surface area contributed by atoms with Crippen LogP contribution >= 0.6 is 0 Å². The number of benzene rings is 8. The van der Waals surface area contributed by atoms with Crippen molar-refractivity contribution >= 4 is 55.7 Å². The van der Waals surface area contributed by atoms with Crippen molar-refractivity contribution in [2.24, 2.45) is 0 Å². The van der Waals surface area contributed by atoms with E-state index in [4.69, 9.17) is 0 Å². The van der Waals surface area contributed by atoms with Crippen LogP contribution < -0.4 is 9.80 Å². The highest BCUT2D eigenvalue weighted by molar-refractivity contribution is 6.07. The van der Waals surface area contributed by atoms with Crippen LogP contribution in [-0.4, -0.2) is 0 Å². The molecule has 0 fully saturated rings. The molecule has 2 heteroatoms. The maximum Gasteiger partial charge on any atom is 0.0543 e. The van der Waals surface area contributed by atoms with Crippen molar-refractivity contribution in [1.29, 1.82) is 0 Å². The van der Waals surface area contributed by atoms with E-state index in [0.29, 0.717) is 0 Å². The molecule has 2 heterocycles. The lowest BCUT2D eigenvalue weighted by Gasteiger charge is -2.49. The molecule has 0 bridgehead atoms. The minimum Gasteiger partial charge on any atom is -0.310 e. The van der Waals surface area contributed by atoms with E-state index in [-0.39, 0.29) is 10.8 Å². The van der Waals surface area contributed by atoms with Crippen LogP contribution in [0.3, 0.4) is 0 Å². The first kappa shape index (κ1) is 30.7. The monoisotopic (exact) mass is 668 g/mol. The van der Waals surface area contributed by atoms with Gasteiger partial charge in [0.1, 0.15) is 0 Å². The Bertz CT molecular complexity index is 2700. The van der Waals surface area contributed by atoms with E-state index in [1.54, 1.807) is 0 Å². The van der Waals surface area contributed by atoms with Crippen LogP contribution in [0.2, 0.25) is 0 Å². The molecule has 0 unspecified atom stereocenters. The predicted molar refractivity (Wildman–Crippen MR) is 221 cm³/mol. The summed E-state index contributed by atoms with van der Waals surface area (Å²) in [4.78, 5) is 4.94. The summed E-state index contributed by atoms with van der Waals surface area (Å²) in [5.41, 5.74) is 15.0. The van der Waals surface area contributed by atoms with Crippen LogP contribution in [0.25, 0.3) is 32.7 Å². The van der Waals surface area contributed by atoms with E-state index in [1.165, 1.54) is 72.0 Å². The number of hydrogen-bond donors (Lipinski definition) is 0. The van der Waals surface area contributed by atoms with Gasteiger partial charge in [-0.15, -0.1) is 0 Å². The van der Waals surface area contributed by atoms with E-state index in [2.05, 4.69) is 207 Å². The Balaban J connectivity index is 1.16. The minimum absolute atomic E-state index is 0.0902. The Kier molecular flexibility index (Phi) is 6.60. The summed E-state index contributed by atoms with van der Waals surface area (Å²) in [5.74, 6) is 0. The number of hydrogen-bond acceptors (Lipinski definition) is 2. The second-order valence-corrected chi connectivity index (χ2v) is 15.4. The SMILES string of the molecule is CC1(C)c2ccccc2N2c3ccc(-c4ccc(N(c5ccccc5)c5ccc6ccccc6c5)c5ccccc45)cc3C(C)(C)c3cccc1c32. The topological polar surface area (TPSA) is 6.48 Å². The van der Waals surface area contributed by atoms with Gasteiger partial charge in [-0.1, -0.05) is 149 Å². The van der Waals surface area contributed by atoms with Crippen LogP contribution in [0.4, 0.5) is 34.1 Å². The Morgan fingerprint density at radius 3 is 1.87 bits per heavy atom. The molecule has 2 nitrogen and oxygen atoms in total. The molecule has 8 aromatic rings. The molecule has 0 saturated heterocycles. The van der Waals surface area contributed by atoms with E-state index in [1.807, 2.05) is 0 Å². The first-order valence-corrected chi connectivity index (χ1v) is 18.4. The molecule has 250 valence electrons. The van der Waals surface area contributed by atoms with Crippen molar-refractivity contribution in [3.8, 4) is 11.1 Å². The molecule has 0 radical (unpaired) electrons. The molecule has 52 heavy (non-hydrogen) atoms. The van der Waals surface area contributed by atoms with Crippen LogP contribution in [0.1, 0.15) is 49.9 Å². The maximum absolute atomic E-state index is 2.54. The van der Waals surface area contributed by atoms with Gasteiger partial charge in [0.25, 0.3) is 0 Å². The lowest BCUT2D eigenvalue weighted by atomic mass is 9.66. The smallest absolute Gasteiger partial charge is 0.0543 e. The molecule has 0 N–H and O–H groups in total. The van der Waals surface area contributed by atoms with Gasteiger partial charge in [-0.2, -0.15) is 0 Å². The highest BCUT2D eigenvalue weighted by Crippen LogP contribution is 2.60. The predicted octanol–water partition coefficient (Wildman–Crippen LogP) is 13.9. The largest absolute Gasteiger partial charge is 0.310 e. The second kappa shape index (κ2) is 11.2. The highest BCUT2D eigenvalue weighted by atomic mass is 15.2. The summed E-state index contributed by atoms with van der Waals surface area (Å²) in [6.07, 6.45) is 0. The first-order chi connectivity index (χ1) is 25.3. The van der Waals surface area contributed by atoms with Gasteiger partial charge < -0.3 is 9.80 Å². The van der Waals surface area contributed by atoms with Gasteiger partial charge in [-0.3, -0.25) is 0 Å². The Hall–Kier alpha value is -6.12. The van der Waals surface area contributed by atoms with E-state index in [9.17, 15) is 0 Å². The molecule has 2 aliphatic rings. The summed E-state index contributed by atoms with van der Waals surface area (Å²) in [7, 11) is 0. The van der Waals surface area contributed by atoms with Gasteiger partial charge >= 0.3 is 0 Å². The Labute approximate surface area is 306 Å². The summed E-state index contributed by atoms with van der Waals surface area (Å²) in [6, 6.07) is 62.7. The zero-order valence-electron chi connectivity index (χ0n) is 30.1. The van der Waals surface area contributed by atoms with Crippen molar-refractivity contribution < 1.29 is 0 Å². The maximum atomic E-state index is 2.54. The molecular weight excluding hydrogens is 629 g/mol. The molecule has 0 aliphatic carbocycles. The zero-order chi connectivity index (χ0) is 35.2. The van der Waals surface area contributed by atoms with Gasteiger partial charge in [-0.05, 0) is 98.1 Å². The number of para-hydroxylation sites is 3. The normalized spacial score (nSPS) is 14.8. The van der Waals surface area contributed by atoms with Gasteiger partial charge in [0.05, 0.1) is 22.7 Å². The molecule has 0 spiro atoms. The Morgan fingerprint density at radius 1 is 0.423 bits per heavy atom. The molecular formula is C50H40N2. The van der Waals surface area contributed by atoms with Crippen molar-refractivity contribution in [2.75, 3.05) is 9.80 Å². The van der Waals surface area contributed by atoms with Crippen molar-refractivity contribution in [3.05, 3.63) is 192 Å². The molecule has 0 aromatic heterocycles. The fraction of sp³-hybridized carbons (Fsp3) is 0.120. The summed E-state index contributed by atoms with van der Waals surface area (Å²) >= 11 is 0. The summed E-state index contributed by atoms with van der Waals surface area (Å²) in [6.45, 7) is 9.55. The molecule has 0 saturated carbocycles. The van der Waals surface area contributed by atoms with Crippen molar-refractivity contribution in [1.82, 2.24) is 0 Å². The van der Waals surface area contributed by atoms with Gasteiger partial charge in [0.15, 0.2) is 0 Å². The van der Waals surface area contributed by atoms with Crippen molar-refractivity contribution in [3.63, 3.8) is 0 Å². The Morgan fingerprint density at radius 2 is 1.06 bits per heavy atom. The fourth-order valence-corrected chi connectivity index (χ4v) is 9.10. The quantitative estimate of drug-likeness (QED) is 0.184. The van der Waals surface area contributed by atoms with E-state index < -0.39 is 0 Å². The second-order valence-electron chi connectivity index (χ2n) is 15.4. The average Bonchev–Trinajstić information content (AvgIpc) is 3.18. The molecule has 0 amide bonds. The van der Waals surface area contributed by atoms with E-state index in [0.717, 1.165) is 17.1 Å². The van der Waals surface area contributed by atoms with E-state index >= 15 is 0 Å². The third-order valence-corrected chi connectivity index (χ3v) is 11.8. The third-order valence-electron chi connectivity index (χ3n) is 11.8. The van der Waals surface area contributed by atoms with Gasteiger partial charge in [0, 0.05) is 27.6 Å². The van der Waals surface area contributed by atoms with Crippen LogP contribution in [0.5, 0.6) is 0 Å². The van der Waals surface area contributed by atoms with Gasteiger partial charge in [-0.25, -0.2) is 0 Å². The summed E-state index contributed by atoms with van der Waals surface area (Å²) < 4.78 is 0. The molecule has 2 aliphatic heterocycles. The molecule has 0 atom stereocenters. The number of anilines is 6. The molecule has 8 aromatic carbocycles.